The van der Waals surface area contributed by atoms with Gasteiger partial charge in [0.05, 0.1) is 12.0 Å². The van der Waals surface area contributed by atoms with E-state index in [1.54, 1.807) is 37.1 Å². The van der Waals surface area contributed by atoms with Crippen molar-refractivity contribution in [2.45, 2.75) is 19.3 Å². The second-order valence-corrected chi connectivity index (χ2v) is 8.44. The summed E-state index contributed by atoms with van der Waals surface area (Å²) < 4.78 is 43.5. The minimum absolute atomic E-state index is 0.280. The molecule has 0 unspecified atom stereocenters. The monoisotopic (exact) mass is 516 g/mol. The Morgan fingerprint density at radius 1 is 0.816 bits per heavy atom. The first kappa shape index (κ1) is 24.9. The van der Waals surface area contributed by atoms with Crippen molar-refractivity contribution < 1.29 is 17.9 Å². The average molecular weight is 517 g/mol. The summed E-state index contributed by atoms with van der Waals surface area (Å²) in [5, 5.41) is 3.39. The third-order valence-corrected chi connectivity index (χ3v) is 5.67. The number of imidazole rings is 1. The van der Waals surface area contributed by atoms with E-state index in [2.05, 4.69) is 20.0 Å². The second-order valence-electron chi connectivity index (χ2n) is 8.44. The number of benzene rings is 2. The van der Waals surface area contributed by atoms with Crippen LogP contribution in [0.5, 0.6) is 5.75 Å². The third kappa shape index (κ3) is 6.52. The van der Waals surface area contributed by atoms with E-state index in [4.69, 9.17) is 9.97 Å². The number of nitrogens with one attached hydrogen (secondary N) is 1. The average Bonchev–Trinajstić information content (AvgIpc) is 3.45. The van der Waals surface area contributed by atoms with Crippen LogP contribution in [0, 0.1) is 0 Å². The molecule has 0 saturated heterocycles. The third-order valence-electron chi connectivity index (χ3n) is 5.67. The lowest BCUT2D eigenvalue weighted by atomic mass is 10.0. The highest BCUT2D eigenvalue weighted by molar-refractivity contribution is 5.73. The number of halogens is 3. The smallest absolute Gasteiger partial charge is 0.406 e. The van der Waals surface area contributed by atoms with Gasteiger partial charge in [-0.1, -0.05) is 42.5 Å². The van der Waals surface area contributed by atoms with Crippen LogP contribution < -0.4 is 10.1 Å². The van der Waals surface area contributed by atoms with E-state index < -0.39 is 6.36 Å². The number of aryl methyl sites for hydroxylation is 1. The molecule has 3 heterocycles. The molecular weight excluding hydrogens is 493 g/mol. The van der Waals surface area contributed by atoms with Crippen molar-refractivity contribution in [2.24, 2.45) is 0 Å². The van der Waals surface area contributed by atoms with Crippen LogP contribution in [0.4, 0.5) is 19.0 Å². The lowest BCUT2D eigenvalue weighted by Crippen LogP contribution is -2.16. The molecule has 0 atom stereocenters. The van der Waals surface area contributed by atoms with Gasteiger partial charge in [-0.3, -0.25) is 4.98 Å². The van der Waals surface area contributed by atoms with Gasteiger partial charge in [0, 0.05) is 60.6 Å². The summed E-state index contributed by atoms with van der Waals surface area (Å²) in [6.07, 6.45) is 4.95. The summed E-state index contributed by atoms with van der Waals surface area (Å²) in [5.41, 5.74) is 3.72. The lowest BCUT2D eigenvalue weighted by molar-refractivity contribution is -0.274. The van der Waals surface area contributed by atoms with Gasteiger partial charge in [-0.2, -0.15) is 0 Å². The zero-order chi connectivity index (χ0) is 26.4. The highest BCUT2D eigenvalue weighted by atomic mass is 19.4. The Labute approximate surface area is 217 Å². The van der Waals surface area contributed by atoms with Crippen LogP contribution in [0.3, 0.4) is 0 Å². The normalized spacial score (nSPS) is 11.3. The van der Waals surface area contributed by atoms with Crippen LogP contribution in [-0.2, 0) is 6.54 Å². The first-order valence-corrected chi connectivity index (χ1v) is 11.9. The van der Waals surface area contributed by atoms with Gasteiger partial charge in [0.2, 0.25) is 0 Å². The molecule has 5 rings (SSSR count). The number of nitrogens with zero attached hydrogens (tertiary/aromatic N) is 5. The highest BCUT2D eigenvalue weighted by Crippen LogP contribution is 2.30. The predicted molar refractivity (Wildman–Crippen MR) is 138 cm³/mol. The molecule has 0 fully saturated rings. The molecule has 0 aliphatic heterocycles. The number of alkyl halides is 3. The van der Waals surface area contributed by atoms with E-state index >= 15 is 0 Å². The Morgan fingerprint density at radius 2 is 1.61 bits per heavy atom. The van der Waals surface area contributed by atoms with Gasteiger partial charge in [0.15, 0.2) is 5.82 Å². The highest BCUT2D eigenvalue weighted by Gasteiger charge is 2.31. The van der Waals surface area contributed by atoms with Crippen LogP contribution in [0.2, 0.25) is 0 Å². The minimum atomic E-state index is -4.74. The summed E-state index contributed by atoms with van der Waals surface area (Å²) in [7, 11) is 0. The second kappa shape index (κ2) is 11.1. The molecule has 38 heavy (non-hydrogen) atoms. The molecule has 2 aromatic carbocycles. The zero-order valence-electron chi connectivity index (χ0n) is 20.1. The molecule has 192 valence electrons. The van der Waals surface area contributed by atoms with Crippen molar-refractivity contribution >= 4 is 5.82 Å². The van der Waals surface area contributed by atoms with Gasteiger partial charge in [0.25, 0.3) is 0 Å². The molecule has 0 spiro atoms. The van der Waals surface area contributed by atoms with E-state index in [9.17, 15) is 13.2 Å². The van der Waals surface area contributed by atoms with Gasteiger partial charge in [-0.15, -0.1) is 13.2 Å². The van der Waals surface area contributed by atoms with Crippen LogP contribution in [0.25, 0.3) is 33.8 Å². The molecule has 5 aromatic rings. The fraction of sp³-hybridized carbons (Fsp3) is 0.143. The number of hydrogen-bond donors (Lipinski definition) is 1. The minimum Gasteiger partial charge on any atom is -0.406 e. The first-order valence-electron chi connectivity index (χ1n) is 11.9. The molecule has 0 radical (unpaired) electrons. The van der Waals surface area contributed by atoms with Crippen LogP contribution in [-0.4, -0.2) is 37.4 Å². The van der Waals surface area contributed by atoms with Crippen molar-refractivity contribution in [3.63, 3.8) is 0 Å². The van der Waals surface area contributed by atoms with E-state index in [0.717, 1.165) is 29.7 Å². The molecular formula is C28H23F3N6O. The maximum atomic E-state index is 12.5. The lowest BCUT2D eigenvalue weighted by Gasteiger charge is -2.12. The molecule has 0 aliphatic rings. The number of hydrogen-bond acceptors (Lipinski definition) is 6. The van der Waals surface area contributed by atoms with E-state index in [-0.39, 0.29) is 5.75 Å². The Hall–Kier alpha value is -4.73. The fourth-order valence-electron chi connectivity index (χ4n) is 3.89. The van der Waals surface area contributed by atoms with Gasteiger partial charge in [-0.05, 0) is 30.2 Å². The Kier molecular flexibility index (Phi) is 7.30. The molecule has 10 heteroatoms. The van der Waals surface area contributed by atoms with Crippen molar-refractivity contribution in [3.05, 3.63) is 97.8 Å². The number of pyridine rings is 1. The Morgan fingerprint density at radius 3 is 2.34 bits per heavy atom. The van der Waals surface area contributed by atoms with E-state index in [0.29, 0.717) is 29.4 Å². The zero-order valence-corrected chi connectivity index (χ0v) is 20.1. The Bertz CT molecular complexity index is 1470. The van der Waals surface area contributed by atoms with Crippen LogP contribution in [0.1, 0.15) is 6.42 Å². The SMILES string of the molecule is FC(F)(F)Oc1ccc(-c2cncc(-c3cc(NCCCn4ccnc4)nc(-c4ccccc4)n3)c2)cc1. The standard InChI is InChI=1S/C28H23F3N6O/c29-28(30,31)38-24-9-7-20(8-10-24)22-15-23(18-33-17-22)25-16-26(34-11-4-13-37-14-12-32-19-37)36-27(35-25)21-5-2-1-3-6-21/h1-3,5-10,12,14-19H,4,11,13H2,(H,34,35,36). The molecule has 0 bridgehead atoms. The number of anilines is 1. The quantitative estimate of drug-likeness (QED) is 0.226. The number of ether oxygens (including phenoxy) is 1. The molecule has 0 aliphatic carbocycles. The fourth-order valence-corrected chi connectivity index (χ4v) is 3.89. The summed E-state index contributed by atoms with van der Waals surface area (Å²) in [6.45, 7) is 1.53. The molecule has 3 aromatic heterocycles. The van der Waals surface area contributed by atoms with Gasteiger partial charge >= 0.3 is 6.36 Å². The summed E-state index contributed by atoms with van der Waals surface area (Å²) in [6, 6.07) is 19.1. The topological polar surface area (TPSA) is 77.8 Å². The largest absolute Gasteiger partial charge is 0.573 e. The molecule has 7 nitrogen and oxygen atoms in total. The summed E-state index contributed by atoms with van der Waals surface area (Å²) >= 11 is 0. The first-order chi connectivity index (χ1) is 18.4. The molecule has 0 amide bonds. The van der Waals surface area contributed by atoms with Crippen LogP contribution >= 0.6 is 0 Å². The maximum absolute atomic E-state index is 12.5. The van der Waals surface area contributed by atoms with Crippen molar-refractivity contribution in [3.8, 4) is 39.5 Å². The van der Waals surface area contributed by atoms with Crippen molar-refractivity contribution in [2.75, 3.05) is 11.9 Å². The van der Waals surface area contributed by atoms with Crippen molar-refractivity contribution in [1.82, 2.24) is 24.5 Å². The van der Waals surface area contributed by atoms with Gasteiger partial charge in [0.1, 0.15) is 11.6 Å². The van der Waals surface area contributed by atoms with Crippen molar-refractivity contribution in [1.29, 1.82) is 0 Å². The van der Waals surface area contributed by atoms with Crippen LogP contribution in [0.15, 0.2) is 97.8 Å². The predicted octanol–water partition coefficient (Wildman–Crippen LogP) is 6.47. The van der Waals surface area contributed by atoms with Gasteiger partial charge in [-0.25, -0.2) is 15.0 Å². The summed E-state index contributed by atoms with van der Waals surface area (Å²) in [4.78, 5) is 17.9. The Balaban J connectivity index is 1.40. The summed E-state index contributed by atoms with van der Waals surface area (Å²) in [5.74, 6) is 0.968. The number of rotatable bonds is 9. The maximum Gasteiger partial charge on any atom is 0.573 e. The van der Waals surface area contributed by atoms with E-state index in [1.807, 2.05) is 53.2 Å². The molecule has 0 saturated carbocycles. The van der Waals surface area contributed by atoms with Gasteiger partial charge < -0.3 is 14.6 Å². The molecule has 1 N–H and O–H groups in total. The van der Waals surface area contributed by atoms with E-state index in [1.165, 1.54) is 12.1 Å². The number of aromatic nitrogens is 5.